The normalized spacial score (nSPS) is 13.9. The van der Waals surface area contributed by atoms with Crippen LogP contribution in [0.15, 0.2) is 24.8 Å². The molecule has 2 nitrogen and oxygen atoms in total. The van der Waals surface area contributed by atoms with E-state index >= 15 is 0 Å². The third-order valence-electron chi connectivity index (χ3n) is 4.01. The summed E-state index contributed by atoms with van der Waals surface area (Å²) in [4.78, 5) is 0. The molecule has 2 N–H and O–H groups in total. The highest BCUT2D eigenvalue weighted by Gasteiger charge is 2.02. The van der Waals surface area contributed by atoms with Crippen molar-refractivity contribution in [2.24, 2.45) is 23.7 Å². The molecule has 0 aliphatic heterocycles. The van der Waals surface area contributed by atoms with E-state index in [1.807, 2.05) is 26.8 Å². The predicted octanol–water partition coefficient (Wildman–Crippen LogP) is 8.26. The van der Waals surface area contributed by atoms with Crippen molar-refractivity contribution >= 4 is 11.6 Å². The molecule has 0 aromatic carbocycles. The van der Waals surface area contributed by atoms with Crippen LogP contribution in [0, 0.1) is 23.7 Å². The molecule has 0 spiro atoms. The lowest BCUT2D eigenvalue weighted by Gasteiger charge is -2.08. The van der Waals surface area contributed by atoms with Gasteiger partial charge in [-0.2, -0.15) is 0 Å². The monoisotopic (exact) mass is 434 g/mol. The summed E-state index contributed by atoms with van der Waals surface area (Å²) in [6.45, 7) is 26.5. The van der Waals surface area contributed by atoms with Gasteiger partial charge in [0.25, 0.3) is 0 Å². The van der Waals surface area contributed by atoms with Crippen LogP contribution in [0.5, 0.6) is 0 Å². The Kier molecular flexibility index (Phi) is 32.0. The molecule has 0 fully saturated rings. The van der Waals surface area contributed by atoms with Crippen molar-refractivity contribution in [3.63, 3.8) is 0 Å². The van der Waals surface area contributed by atoms with Gasteiger partial charge in [0, 0.05) is 5.38 Å². The Bertz CT molecular complexity index is 328. The summed E-state index contributed by atoms with van der Waals surface area (Å²) in [5.74, 6) is 2.50. The van der Waals surface area contributed by atoms with E-state index in [4.69, 9.17) is 21.8 Å². The van der Waals surface area contributed by atoms with E-state index in [1.165, 1.54) is 0 Å². The van der Waals surface area contributed by atoms with Gasteiger partial charge < -0.3 is 10.2 Å². The number of aliphatic hydroxyl groups excluding tert-OH is 2. The average Bonchev–Trinajstić information content (AvgIpc) is 2.61. The predicted molar refractivity (Wildman–Crippen MR) is 136 cm³/mol. The van der Waals surface area contributed by atoms with Crippen LogP contribution in [0.4, 0.5) is 0 Å². The molecule has 0 amide bonds. The van der Waals surface area contributed by atoms with Crippen molar-refractivity contribution in [1.29, 1.82) is 0 Å². The lowest BCUT2D eigenvalue weighted by atomic mass is 10.0. The molecule has 0 saturated carbocycles. The molecule has 0 aromatic heterocycles. The van der Waals surface area contributed by atoms with Crippen LogP contribution >= 0.6 is 11.6 Å². The third-order valence-corrected chi connectivity index (χ3v) is 4.51. The van der Waals surface area contributed by atoms with Crippen LogP contribution in [0.2, 0.25) is 0 Å². The second-order valence-electron chi connectivity index (χ2n) is 9.06. The van der Waals surface area contributed by atoms with E-state index in [9.17, 15) is 0 Å². The lowest BCUT2D eigenvalue weighted by Crippen LogP contribution is -2.07. The van der Waals surface area contributed by atoms with E-state index < -0.39 is 0 Å². The Balaban J connectivity index is -0.000000149. The Morgan fingerprint density at radius 2 is 1.17 bits per heavy atom. The smallest absolute Gasteiger partial charge is 0.0572 e. The highest BCUT2D eigenvalue weighted by atomic mass is 35.5. The minimum Gasteiger partial charge on any atom is -0.393 e. The summed E-state index contributed by atoms with van der Waals surface area (Å²) in [5, 5.41) is 18.5. The van der Waals surface area contributed by atoms with E-state index in [-0.39, 0.29) is 12.2 Å². The zero-order valence-corrected chi connectivity index (χ0v) is 22.3. The van der Waals surface area contributed by atoms with Gasteiger partial charge in [-0.05, 0) is 56.3 Å². The van der Waals surface area contributed by atoms with E-state index in [2.05, 4.69) is 74.1 Å². The molecule has 0 bridgehead atoms. The summed E-state index contributed by atoms with van der Waals surface area (Å²) in [5.41, 5.74) is 0. The van der Waals surface area contributed by atoms with E-state index in [1.54, 1.807) is 0 Å². The number of allylic oxidation sites excluding steroid dienone is 2. The Labute approximate surface area is 189 Å². The van der Waals surface area contributed by atoms with Crippen molar-refractivity contribution in [3.05, 3.63) is 24.8 Å². The number of alkyl halides is 1. The molecular formula is C26H55ClO2. The van der Waals surface area contributed by atoms with Gasteiger partial charge in [0.05, 0.1) is 12.2 Å². The van der Waals surface area contributed by atoms with Gasteiger partial charge in [0.2, 0.25) is 0 Å². The van der Waals surface area contributed by atoms with Crippen LogP contribution in [0.25, 0.3) is 0 Å². The molecule has 0 aliphatic carbocycles. The van der Waals surface area contributed by atoms with E-state index in [0.29, 0.717) is 29.0 Å². The van der Waals surface area contributed by atoms with Crippen LogP contribution in [-0.2, 0) is 0 Å². The van der Waals surface area contributed by atoms with Crippen molar-refractivity contribution in [3.8, 4) is 0 Å². The maximum absolute atomic E-state index is 9.12. The van der Waals surface area contributed by atoms with Gasteiger partial charge in [-0.25, -0.2) is 0 Å². The fourth-order valence-electron chi connectivity index (χ4n) is 1.39. The summed E-state index contributed by atoms with van der Waals surface area (Å²) < 4.78 is 0. The standard InChI is InChI=1S/C9H18O.C7H16O.C5H11Cl.C5H10/c1-4-9(10)7-5-6-8(2)3;1-4-7(8)5-6(2)3;1-4(2)5(3)6;1-4-5(2)3/h5-6,8-10H,4,7H2,1-3H3;6-8H,4-5H2,1-3H3;4-5H,1-3H3;4-5H,1H2,2-3H3/b6-5+;;;. The van der Waals surface area contributed by atoms with Crippen LogP contribution < -0.4 is 0 Å². The van der Waals surface area contributed by atoms with Crippen LogP contribution in [0.3, 0.4) is 0 Å². The first-order chi connectivity index (χ1) is 13.2. The molecule has 29 heavy (non-hydrogen) atoms. The molecule has 178 valence electrons. The molecule has 3 atom stereocenters. The molecule has 0 aromatic rings. The highest BCUT2D eigenvalue weighted by Crippen LogP contribution is 2.06. The summed E-state index contributed by atoms with van der Waals surface area (Å²) in [7, 11) is 0. The van der Waals surface area contributed by atoms with E-state index in [0.717, 1.165) is 25.7 Å². The molecule has 3 heteroatoms. The Hall–Kier alpha value is -0.310. The first kappa shape index (κ1) is 36.1. The minimum absolute atomic E-state index is 0.0741. The fourth-order valence-corrected chi connectivity index (χ4v) is 1.39. The topological polar surface area (TPSA) is 40.5 Å². The molecule has 0 saturated heterocycles. The largest absolute Gasteiger partial charge is 0.393 e. The van der Waals surface area contributed by atoms with Gasteiger partial charge >= 0.3 is 0 Å². The van der Waals surface area contributed by atoms with Gasteiger partial charge in [0.1, 0.15) is 0 Å². The van der Waals surface area contributed by atoms with Gasteiger partial charge in [-0.3, -0.25) is 0 Å². The number of hydrogen-bond acceptors (Lipinski definition) is 2. The third kappa shape index (κ3) is 47.1. The Morgan fingerprint density at radius 3 is 1.34 bits per heavy atom. The highest BCUT2D eigenvalue weighted by molar-refractivity contribution is 6.20. The van der Waals surface area contributed by atoms with Crippen LogP contribution in [-0.4, -0.2) is 27.8 Å². The van der Waals surface area contributed by atoms with Gasteiger partial charge in [-0.15, -0.1) is 18.2 Å². The maximum atomic E-state index is 9.12. The van der Waals surface area contributed by atoms with Crippen LogP contribution in [0.1, 0.15) is 102 Å². The first-order valence-corrected chi connectivity index (χ1v) is 12.0. The van der Waals surface area contributed by atoms with Crippen molar-refractivity contribution in [2.75, 3.05) is 0 Å². The summed E-state index contributed by atoms with van der Waals surface area (Å²) in [6.07, 6.45) is 9.36. The molecular weight excluding hydrogens is 380 g/mol. The number of aliphatic hydroxyl groups is 2. The second kappa shape index (κ2) is 25.7. The number of rotatable bonds is 9. The average molecular weight is 435 g/mol. The number of halogens is 1. The minimum atomic E-state index is -0.144. The molecule has 0 rings (SSSR count). The van der Waals surface area contributed by atoms with Gasteiger partial charge in [0.15, 0.2) is 0 Å². The molecule has 0 aliphatic rings. The summed E-state index contributed by atoms with van der Waals surface area (Å²) >= 11 is 5.61. The fraction of sp³-hybridized carbons (Fsp3) is 0.846. The SMILES string of the molecule is C=CC(C)C.CC(C)C(C)Cl.CCC(O)C/C=C/C(C)C.CCC(O)CC(C)C. The van der Waals surface area contributed by atoms with Crippen molar-refractivity contribution in [2.45, 2.75) is 119 Å². The first-order valence-electron chi connectivity index (χ1n) is 11.5. The second-order valence-corrected chi connectivity index (χ2v) is 9.75. The molecule has 0 heterocycles. The quantitative estimate of drug-likeness (QED) is 0.283. The zero-order valence-electron chi connectivity index (χ0n) is 21.6. The van der Waals surface area contributed by atoms with Crippen molar-refractivity contribution in [1.82, 2.24) is 0 Å². The lowest BCUT2D eigenvalue weighted by molar-refractivity contribution is 0.145. The number of hydrogen-bond donors (Lipinski definition) is 2. The molecule has 0 radical (unpaired) electrons. The molecule has 3 unspecified atom stereocenters. The summed E-state index contributed by atoms with van der Waals surface area (Å²) in [6, 6.07) is 0. The Morgan fingerprint density at radius 1 is 0.793 bits per heavy atom. The maximum Gasteiger partial charge on any atom is 0.0572 e. The van der Waals surface area contributed by atoms with Gasteiger partial charge in [-0.1, -0.05) is 87.5 Å². The zero-order chi connectivity index (χ0) is 24.0. The van der Waals surface area contributed by atoms with Crippen molar-refractivity contribution < 1.29 is 10.2 Å².